The Bertz CT molecular complexity index is 1090. The molecule has 3 nitrogen and oxygen atoms in total. The first-order chi connectivity index (χ1) is 13.5. The Labute approximate surface area is 174 Å². The Kier molecular flexibility index (Phi) is 5.33. The number of thiophene rings is 1. The molecule has 0 spiro atoms. The summed E-state index contributed by atoms with van der Waals surface area (Å²) in [7, 11) is 2.05. The van der Waals surface area contributed by atoms with Gasteiger partial charge in [-0.15, -0.1) is 11.3 Å². The third kappa shape index (κ3) is 3.75. The maximum atomic E-state index is 6.24. The Hall–Kier alpha value is -2.43. The van der Waals surface area contributed by atoms with Crippen LogP contribution in [0.2, 0.25) is 5.28 Å². The van der Waals surface area contributed by atoms with E-state index in [4.69, 9.17) is 11.6 Å². The van der Waals surface area contributed by atoms with Gasteiger partial charge >= 0.3 is 0 Å². The molecule has 2 aromatic heterocycles. The van der Waals surface area contributed by atoms with Gasteiger partial charge in [-0.2, -0.15) is 4.98 Å². The molecule has 28 heavy (non-hydrogen) atoms. The van der Waals surface area contributed by atoms with Gasteiger partial charge in [-0.3, -0.25) is 0 Å². The smallest absolute Gasteiger partial charge is 0.225 e. The summed E-state index contributed by atoms with van der Waals surface area (Å²) in [4.78, 5) is 12.1. The average molecular weight is 408 g/mol. The van der Waals surface area contributed by atoms with Crippen molar-refractivity contribution in [1.29, 1.82) is 0 Å². The van der Waals surface area contributed by atoms with Crippen LogP contribution in [-0.4, -0.2) is 17.0 Å². The monoisotopic (exact) mass is 407 g/mol. The second kappa shape index (κ2) is 7.90. The van der Waals surface area contributed by atoms with Crippen molar-refractivity contribution in [1.82, 2.24) is 9.97 Å². The van der Waals surface area contributed by atoms with E-state index in [2.05, 4.69) is 89.7 Å². The topological polar surface area (TPSA) is 29.0 Å². The van der Waals surface area contributed by atoms with Crippen molar-refractivity contribution in [3.8, 4) is 11.1 Å². The molecule has 0 atom stereocenters. The SMILES string of the molecule is CC(C)c1ccc(-c2csc3nc(Cl)nc(N(C)Cc4ccccc4)c23)cc1. The fourth-order valence-corrected chi connectivity index (χ4v) is 4.52. The number of rotatable bonds is 5. The van der Waals surface area contributed by atoms with Gasteiger partial charge in [0.05, 0.1) is 5.39 Å². The highest BCUT2D eigenvalue weighted by Crippen LogP contribution is 2.39. The highest BCUT2D eigenvalue weighted by Gasteiger charge is 2.18. The lowest BCUT2D eigenvalue weighted by Gasteiger charge is -2.20. The molecule has 0 bridgehead atoms. The van der Waals surface area contributed by atoms with E-state index in [1.54, 1.807) is 11.3 Å². The van der Waals surface area contributed by atoms with E-state index in [1.165, 1.54) is 16.7 Å². The summed E-state index contributed by atoms with van der Waals surface area (Å²) >= 11 is 7.85. The van der Waals surface area contributed by atoms with Crippen molar-refractivity contribution >= 4 is 39.0 Å². The molecule has 2 heterocycles. The molecule has 0 N–H and O–H groups in total. The van der Waals surface area contributed by atoms with Crippen LogP contribution in [0.5, 0.6) is 0 Å². The Morgan fingerprint density at radius 3 is 2.39 bits per heavy atom. The van der Waals surface area contributed by atoms with Crippen molar-refractivity contribution in [3.05, 3.63) is 76.4 Å². The number of anilines is 1. The molecular weight excluding hydrogens is 386 g/mol. The van der Waals surface area contributed by atoms with Crippen LogP contribution < -0.4 is 4.90 Å². The second-order valence-electron chi connectivity index (χ2n) is 7.26. The van der Waals surface area contributed by atoms with Crippen LogP contribution in [0.3, 0.4) is 0 Å². The standard InChI is InChI=1S/C23H22ClN3S/c1-15(2)17-9-11-18(12-10-17)19-14-28-22-20(19)21(25-23(24)26-22)27(3)13-16-7-5-4-6-8-16/h4-12,14-15H,13H2,1-3H3. The Morgan fingerprint density at radius 1 is 1.00 bits per heavy atom. The molecule has 0 aliphatic rings. The Morgan fingerprint density at radius 2 is 1.71 bits per heavy atom. The summed E-state index contributed by atoms with van der Waals surface area (Å²) in [5.74, 6) is 1.38. The predicted molar refractivity (Wildman–Crippen MR) is 120 cm³/mol. The zero-order valence-corrected chi connectivity index (χ0v) is 17.8. The second-order valence-corrected chi connectivity index (χ2v) is 8.46. The third-order valence-corrected chi connectivity index (χ3v) is 5.94. The van der Waals surface area contributed by atoms with Crippen molar-refractivity contribution in [2.24, 2.45) is 0 Å². The van der Waals surface area contributed by atoms with Gasteiger partial charge in [0.25, 0.3) is 0 Å². The molecule has 4 aromatic rings. The van der Waals surface area contributed by atoms with Crippen molar-refractivity contribution < 1.29 is 0 Å². The first-order valence-corrected chi connectivity index (χ1v) is 10.6. The number of hydrogen-bond acceptors (Lipinski definition) is 4. The van der Waals surface area contributed by atoms with Crippen LogP contribution in [0.1, 0.15) is 30.9 Å². The minimum atomic E-state index is 0.283. The predicted octanol–water partition coefficient (Wildman–Crippen LogP) is 6.77. The van der Waals surface area contributed by atoms with E-state index in [1.807, 2.05) is 6.07 Å². The summed E-state index contributed by atoms with van der Waals surface area (Å²) in [5, 5.41) is 3.50. The van der Waals surface area contributed by atoms with Crippen LogP contribution in [0, 0.1) is 0 Å². The largest absolute Gasteiger partial charge is 0.355 e. The number of nitrogens with zero attached hydrogens (tertiary/aromatic N) is 3. The number of hydrogen-bond donors (Lipinski definition) is 0. The molecule has 0 saturated heterocycles. The summed E-state index contributed by atoms with van der Waals surface area (Å²) in [6, 6.07) is 19.2. The van der Waals surface area contributed by atoms with Gasteiger partial charge < -0.3 is 4.90 Å². The molecule has 5 heteroatoms. The van der Waals surface area contributed by atoms with E-state index in [9.17, 15) is 0 Å². The van der Waals surface area contributed by atoms with E-state index in [0.29, 0.717) is 5.92 Å². The number of halogens is 1. The van der Waals surface area contributed by atoms with Crippen LogP contribution in [0.25, 0.3) is 21.3 Å². The third-order valence-electron chi connectivity index (χ3n) is 4.90. The number of aromatic nitrogens is 2. The first-order valence-electron chi connectivity index (χ1n) is 9.33. The zero-order chi connectivity index (χ0) is 19.7. The van der Waals surface area contributed by atoms with Gasteiger partial charge in [-0.1, -0.05) is 68.4 Å². The molecule has 0 aliphatic carbocycles. The van der Waals surface area contributed by atoms with Gasteiger partial charge in [0, 0.05) is 24.5 Å². The molecule has 0 unspecified atom stereocenters. The molecule has 0 amide bonds. The fourth-order valence-electron chi connectivity index (χ4n) is 3.37. The first kappa shape index (κ1) is 18.9. The highest BCUT2D eigenvalue weighted by atomic mass is 35.5. The molecule has 0 radical (unpaired) electrons. The number of fused-ring (bicyclic) bond motifs is 1. The van der Waals surface area contributed by atoms with E-state index >= 15 is 0 Å². The number of benzene rings is 2. The minimum absolute atomic E-state index is 0.283. The molecular formula is C23H22ClN3S. The normalized spacial score (nSPS) is 11.3. The molecule has 4 rings (SSSR count). The van der Waals surface area contributed by atoms with Crippen LogP contribution in [0.15, 0.2) is 60.0 Å². The van der Waals surface area contributed by atoms with E-state index in [0.717, 1.165) is 28.1 Å². The lowest BCUT2D eigenvalue weighted by atomic mass is 9.99. The van der Waals surface area contributed by atoms with E-state index < -0.39 is 0 Å². The molecule has 142 valence electrons. The summed E-state index contributed by atoms with van der Waals surface area (Å²) < 4.78 is 0. The van der Waals surface area contributed by atoms with Gasteiger partial charge in [0.15, 0.2) is 0 Å². The molecule has 0 fully saturated rings. The van der Waals surface area contributed by atoms with Crippen molar-refractivity contribution in [2.75, 3.05) is 11.9 Å². The quantitative estimate of drug-likeness (QED) is 0.342. The van der Waals surface area contributed by atoms with Crippen LogP contribution in [-0.2, 0) is 6.54 Å². The Balaban J connectivity index is 1.79. The lowest BCUT2D eigenvalue weighted by molar-refractivity contribution is 0.867. The van der Waals surface area contributed by atoms with Gasteiger partial charge in [-0.05, 0) is 34.2 Å². The van der Waals surface area contributed by atoms with Gasteiger partial charge in [0.2, 0.25) is 5.28 Å². The summed E-state index contributed by atoms with van der Waals surface area (Å²) in [6.07, 6.45) is 0. The lowest BCUT2D eigenvalue weighted by Crippen LogP contribution is -2.18. The summed E-state index contributed by atoms with van der Waals surface area (Å²) in [6.45, 7) is 5.17. The highest BCUT2D eigenvalue weighted by molar-refractivity contribution is 7.17. The molecule has 0 saturated carbocycles. The van der Waals surface area contributed by atoms with E-state index in [-0.39, 0.29) is 5.28 Å². The molecule has 2 aromatic carbocycles. The maximum Gasteiger partial charge on any atom is 0.225 e. The minimum Gasteiger partial charge on any atom is -0.355 e. The van der Waals surface area contributed by atoms with Crippen molar-refractivity contribution in [3.63, 3.8) is 0 Å². The average Bonchev–Trinajstić information content (AvgIpc) is 3.11. The van der Waals surface area contributed by atoms with Crippen molar-refractivity contribution in [2.45, 2.75) is 26.3 Å². The van der Waals surface area contributed by atoms with Crippen LogP contribution >= 0.6 is 22.9 Å². The van der Waals surface area contributed by atoms with Gasteiger partial charge in [0.1, 0.15) is 10.6 Å². The fraction of sp³-hybridized carbons (Fsp3) is 0.217. The summed E-state index contributed by atoms with van der Waals surface area (Å²) in [5.41, 5.74) is 4.90. The van der Waals surface area contributed by atoms with Crippen LogP contribution in [0.4, 0.5) is 5.82 Å². The zero-order valence-electron chi connectivity index (χ0n) is 16.2. The molecule has 0 aliphatic heterocycles. The van der Waals surface area contributed by atoms with Gasteiger partial charge in [-0.25, -0.2) is 4.98 Å². The maximum absolute atomic E-state index is 6.24.